The lowest BCUT2D eigenvalue weighted by atomic mass is 10.1. The first-order valence-corrected chi connectivity index (χ1v) is 10.7. The highest BCUT2D eigenvalue weighted by atomic mass is 15.2. The molecule has 30 heavy (non-hydrogen) atoms. The summed E-state index contributed by atoms with van der Waals surface area (Å²) < 4.78 is 0. The topological polar surface area (TPSA) is 92.0 Å². The number of hydrogen-bond acceptors (Lipinski definition) is 7. The van der Waals surface area contributed by atoms with Crippen molar-refractivity contribution in [3.63, 3.8) is 0 Å². The summed E-state index contributed by atoms with van der Waals surface area (Å²) in [5.74, 6) is 1.37. The number of fused-ring (bicyclic) bond motifs is 1. The molecule has 3 aromatic rings. The van der Waals surface area contributed by atoms with Crippen molar-refractivity contribution in [3.05, 3.63) is 42.2 Å². The van der Waals surface area contributed by atoms with Crippen LogP contribution in [0.3, 0.4) is 0 Å². The Morgan fingerprint density at radius 2 is 1.90 bits per heavy atom. The maximum absolute atomic E-state index is 6.17. The van der Waals surface area contributed by atoms with Gasteiger partial charge < -0.3 is 21.3 Å². The molecule has 2 aromatic heterocycles. The van der Waals surface area contributed by atoms with Gasteiger partial charge in [0.25, 0.3) is 0 Å². The molecule has 0 aliphatic rings. The van der Waals surface area contributed by atoms with E-state index in [4.69, 9.17) is 5.73 Å². The number of hydrogen-bond donors (Lipinski definition) is 3. The van der Waals surface area contributed by atoms with Crippen LogP contribution in [-0.2, 0) is 0 Å². The Morgan fingerprint density at radius 1 is 1.10 bits per heavy atom. The molecule has 1 unspecified atom stereocenters. The lowest BCUT2D eigenvalue weighted by molar-refractivity contribution is 0.295. The van der Waals surface area contributed by atoms with Crippen LogP contribution in [-0.4, -0.2) is 45.5 Å². The van der Waals surface area contributed by atoms with Gasteiger partial charge in [0, 0.05) is 34.7 Å². The SMILES string of the molecule is CCN(CC)CCCC(C)Nc1nccc(Nc2ccc3nc(C)cc(N)c3c2)n1. The molecule has 4 N–H and O–H groups in total. The smallest absolute Gasteiger partial charge is 0.224 e. The summed E-state index contributed by atoms with van der Waals surface area (Å²) in [5.41, 5.74) is 9.61. The van der Waals surface area contributed by atoms with Gasteiger partial charge in [-0.05, 0) is 76.7 Å². The van der Waals surface area contributed by atoms with Crippen molar-refractivity contribution in [2.24, 2.45) is 0 Å². The Kier molecular flexibility index (Phi) is 7.41. The fourth-order valence-corrected chi connectivity index (χ4v) is 3.57. The normalized spacial score (nSPS) is 12.3. The van der Waals surface area contributed by atoms with Crippen LogP contribution in [0.2, 0.25) is 0 Å². The first-order valence-electron chi connectivity index (χ1n) is 10.7. The number of aromatic nitrogens is 3. The highest BCUT2D eigenvalue weighted by Gasteiger charge is 2.08. The molecule has 0 aliphatic carbocycles. The third-order valence-corrected chi connectivity index (χ3v) is 5.28. The van der Waals surface area contributed by atoms with Crippen molar-refractivity contribution in [2.75, 3.05) is 36.0 Å². The molecule has 0 spiro atoms. The lowest BCUT2D eigenvalue weighted by Gasteiger charge is -2.19. The fraction of sp³-hybridized carbons (Fsp3) is 0.435. The second-order valence-corrected chi connectivity index (χ2v) is 7.69. The number of nitrogen functional groups attached to an aromatic ring is 1. The number of nitrogens with one attached hydrogen (secondary N) is 2. The Balaban J connectivity index is 1.62. The molecule has 0 aliphatic heterocycles. The Morgan fingerprint density at radius 3 is 2.67 bits per heavy atom. The summed E-state index contributed by atoms with van der Waals surface area (Å²) in [7, 11) is 0. The van der Waals surface area contributed by atoms with Gasteiger partial charge in [-0.25, -0.2) is 4.98 Å². The van der Waals surface area contributed by atoms with Gasteiger partial charge in [0.2, 0.25) is 5.95 Å². The van der Waals surface area contributed by atoms with Crippen LogP contribution in [0.15, 0.2) is 36.5 Å². The van der Waals surface area contributed by atoms with E-state index in [-0.39, 0.29) is 0 Å². The van der Waals surface area contributed by atoms with Gasteiger partial charge >= 0.3 is 0 Å². The zero-order valence-electron chi connectivity index (χ0n) is 18.4. The number of anilines is 4. The summed E-state index contributed by atoms with van der Waals surface area (Å²) in [6.07, 6.45) is 3.99. The first-order chi connectivity index (χ1) is 14.5. The maximum Gasteiger partial charge on any atom is 0.224 e. The van der Waals surface area contributed by atoms with Crippen LogP contribution < -0.4 is 16.4 Å². The number of benzene rings is 1. The van der Waals surface area contributed by atoms with E-state index >= 15 is 0 Å². The maximum atomic E-state index is 6.17. The second kappa shape index (κ2) is 10.2. The molecule has 3 rings (SSSR count). The van der Waals surface area contributed by atoms with Crippen LogP contribution in [0.1, 0.15) is 39.3 Å². The molecule has 2 heterocycles. The highest BCUT2D eigenvalue weighted by molar-refractivity contribution is 5.93. The van der Waals surface area contributed by atoms with Crippen LogP contribution in [0.4, 0.5) is 23.1 Å². The molecule has 1 atom stereocenters. The summed E-state index contributed by atoms with van der Waals surface area (Å²) in [6, 6.07) is 10.0. The van der Waals surface area contributed by atoms with E-state index in [2.05, 4.69) is 51.3 Å². The Hall–Kier alpha value is -2.93. The monoisotopic (exact) mass is 407 g/mol. The number of aryl methyl sites for hydroxylation is 1. The van der Waals surface area contributed by atoms with Gasteiger partial charge in [-0.15, -0.1) is 0 Å². The molecule has 0 saturated heterocycles. The van der Waals surface area contributed by atoms with Crippen molar-refractivity contribution < 1.29 is 0 Å². The average Bonchev–Trinajstić information content (AvgIpc) is 2.72. The van der Waals surface area contributed by atoms with Gasteiger partial charge in [-0.2, -0.15) is 4.98 Å². The fourth-order valence-electron chi connectivity index (χ4n) is 3.57. The average molecular weight is 408 g/mol. The van der Waals surface area contributed by atoms with Gasteiger partial charge in [0.15, 0.2) is 0 Å². The minimum atomic E-state index is 0.311. The van der Waals surface area contributed by atoms with E-state index in [1.54, 1.807) is 6.20 Å². The van der Waals surface area contributed by atoms with Gasteiger partial charge in [0.05, 0.1) is 5.52 Å². The zero-order chi connectivity index (χ0) is 21.5. The van der Waals surface area contributed by atoms with Crippen LogP contribution >= 0.6 is 0 Å². The first kappa shape index (κ1) is 21.8. The summed E-state index contributed by atoms with van der Waals surface area (Å²) >= 11 is 0. The molecule has 7 heteroatoms. The summed E-state index contributed by atoms with van der Waals surface area (Å²) in [6.45, 7) is 11.9. The largest absolute Gasteiger partial charge is 0.398 e. The predicted molar refractivity (Wildman–Crippen MR) is 126 cm³/mol. The van der Waals surface area contributed by atoms with E-state index in [0.717, 1.165) is 66.3 Å². The molecule has 160 valence electrons. The Labute approximate surface area is 179 Å². The van der Waals surface area contributed by atoms with Crippen molar-refractivity contribution >= 4 is 34.0 Å². The third-order valence-electron chi connectivity index (χ3n) is 5.28. The number of pyridine rings is 1. The molecule has 1 aromatic carbocycles. The van der Waals surface area contributed by atoms with Crippen LogP contribution in [0.25, 0.3) is 10.9 Å². The van der Waals surface area contributed by atoms with Crippen LogP contribution in [0.5, 0.6) is 0 Å². The van der Waals surface area contributed by atoms with Gasteiger partial charge in [-0.1, -0.05) is 13.8 Å². The third kappa shape index (κ3) is 5.79. The summed E-state index contributed by atoms with van der Waals surface area (Å²) in [4.78, 5) is 16.0. The van der Waals surface area contributed by atoms with E-state index < -0.39 is 0 Å². The van der Waals surface area contributed by atoms with Crippen LogP contribution in [0, 0.1) is 6.92 Å². The van der Waals surface area contributed by atoms with Crippen molar-refractivity contribution in [2.45, 2.75) is 46.6 Å². The molecule has 0 radical (unpaired) electrons. The zero-order valence-corrected chi connectivity index (χ0v) is 18.4. The second-order valence-electron chi connectivity index (χ2n) is 7.69. The minimum absolute atomic E-state index is 0.311. The van der Waals surface area contributed by atoms with Gasteiger partial charge in [0.1, 0.15) is 5.82 Å². The van der Waals surface area contributed by atoms with Crippen molar-refractivity contribution in [3.8, 4) is 0 Å². The lowest BCUT2D eigenvalue weighted by Crippen LogP contribution is -2.26. The molecule has 0 bridgehead atoms. The van der Waals surface area contributed by atoms with E-state index in [1.807, 2.05) is 37.3 Å². The standard InChI is InChI=1S/C23H33N7/c1-5-30(6-2)13-7-8-16(3)27-23-25-12-11-22(29-23)28-18-9-10-21-19(15-18)20(24)14-17(4)26-21/h9-12,14-16H,5-8,13H2,1-4H3,(H2,24,26)(H2,25,27,28,29). The summed E-state index contributed by atoms with van der Waals surface area (Å²) in [5, 5.41) is 7.69. The quantitative estimate of drug-likeness (QED) is 0.453. The molecule has 0 fully saturated rings. The minimum Gasteiger partial charge on any atom is -0.398 e. The highest BCUT2D eigenvalue weighted by Crippen LogP contribution is 2.25. The van der Waals surface area contributed by atoms with E-state index in [1.165, 1.54) is 0 Å². The molecular formula is C23H33N7. The molecule has 0 amide bonds. The molecule has 0 saturated carbocycles. The van der Waals surface area contributed by atoms with Gasteiger partial charge in [-0.3, -0.25) is 4.98 Å². The Bertz CT molecular complexity index is 969. The number of nitrogens with two attached hydrogens (primary N) is 1. The predicted octanol–water partition coefficient (Wildman–Crippen LogP) is 4.58. The van der Waals surface area contributed by atoms with Crippen molar-refractivity contribution in [1.82, 2.24) is 19.9 Å². The molecule has 7 nitrogen and oxygen atoms in total. The van der Waals surface area contributed by atoms with E-state index in [0.29, 0.717) is 12.0 Å². The molecular weight excluding hydrogens is 374 g/mol. The number of rotatable bonds is 10. The number of nitrogens with zero attached hydrogens (tertiary/aromatic N) is 4. The van der Waals surface area contributed by atoms with Crippen molar-refractivity contribution in [1.29, 1.82) is 0 Å². The van der Waals surface area contributed by atoms with E-state index in [9.17, 15) is 0 Å².